The molecule has 32 heavy (non-hydrogen) atoms. The van der Waals surface area contributed by atoms with E-state index in [1.807, 2.05) is 6.92 Å². The molecule has 0 saturated carbocycles. The fraction of sp³-hybridized carbons (Fsp3) is 0.500. The fourth-order valence-electron chi connectivity index (χ4n) is 4.39. The third-order valence-corrected chi connectivity index (χ3v) is 6.16. The maximum absolute atomic E-state index is 12.8. The Morgan fingerprint density at radius 1 is 1.09 bits per heavy atom. The molecule has 10 nitrogen and oxygen atoms in total. The van der Waals surface area contributed by atoms with Gasteiger partial charge < -0.3 is 9.64 Å². The van der Waals surface area contributed by atoms with Crippen LogP contribution in [0.5, 0.6) is 0 Å². The molecular weight excluding hydrogens is 414 g/mol. The van der Waals surface area contributed by atoms with E-state index < -0.39 is 11.8 Å². The van der Waals surface area contributed by atoms with Crippen LogP contribution in [0.25, 0.3) is 0 Å². The predicted octanol–water partition coefficient (Wildman–Crippen LogP) is 0.713. The van der Waals surface area contributed by atoms with Gasteiger partial charge in [0.05, 0.1) is 24.3 Å². The van der Waals surface area contributed by atoms with Crippen LogP contribution >= 0.6 is 0 Å². The van der Waals surface area contributed by atoms with Gasteiger partial charge >= 0.3 is 5.69 Å². The van der Waals surface area contributed by atoms with Crippen molar-refractivity contribution in [1.29, 1.82) is 0 Å². The largest absolute Gasteiger partial charge is 0.383 e. The van der Waals surface area contributed by atoms with Gasteiger partial charge in [0.1, 0.15) is 12.4 Å². The van der Waals surface area contributed by atoms with E-state index in [1.165, 1.54) is 4.68 Å². The van der Waals surface area contributed by atoms with Crippen molar-refractivity contribution in [2.75, 3.05) is 33.4 Å². The molecule has 2 aromatic rings. The van der Waals surface area contributed by atoms with Gasteiger partial charge in [0.15, 0.2) is 0 Å². The molecule has 10 heteroatoms. The quantitative estimate of drug-likeness (QED) is 0.586. The molecule has 1 fully saturated rings. The number of ether oxygens (including phenoxy) is 1. The van der Waals surface area contributed by atoms with E-state index in [4.69, 9.17) is 4.74 Å². The molecule has 2 aliphatic rings. The molecule has 170 valence electrons. The minimum Gasteiger partial charge on any atom is -0.383 e. The van der Waals surface area contributed by atoms with E-state index in [0.29, 0.717) is 56.8 Å². The van der Waals surface area contributed by atoms with E-state index in [0.717, 1.165) is 10.7 Å². The van der Waals surface area contributed by atoms with Crippen LogP contribution in [0.4, 0.5) is 0 Å². The number of carbonyl (C=O) groups is 3. The summed E-state index contributed by atoms with van der Waals surface area (Å²) in [5.41, 5.74) is 0.528. The first-order chi connectivity index (χ1) is 15.5. The predicted molar refractivity (Wildman–Crippen MR) is 114 cm³/mol. The lowest BCUT2D eigenvalue weighted by molar-refractivity contribution is -0.132. The summed E-state index contributed by atoms with van der Waals surface area (Å²) >= 11 is 0. The standard InChI is InChI=1S/C22H27N5O5/c1-3-25-19(23-27(22(25)31)12-13-32-2)15-8-10-24(11-9-15)18(28)14-26-20(29)16-6-4-5-7-17(16)21(26)30/h4-7,15H,3,8-14H2,1-2H3. The number of rotatable bonds is 7. The molecule has 0 radical (unpaired) electrons. The highest BCUT2D eigenvalue weighted by Gasteiger charge is 2.37. The summed E-state index contributed by atoms with van der Waals surface area (Å²) in [4.78, 5) is 53.1. The Morgan fingerprint density at radius 2 is 1.72 bits per heavy atom. The van der Waals surface area contributed by atoms with Crippen molar-refractivity contribution in [3.05, 3.63) is 51.7 Å². The van der Waals surface area contributed by atoms with E-state index in [-0.39, 0.29) is 24.1 Å². The molecule has 0 spiro atoms. The van der Waals surface area contributed by atoms with Gasteiger partial charge in [-0.2, -0.15) is 5.10 Å². The van der Waals surface area contributed by atoms with Crippen molar-refractivity contribution in [1.82, 2.24) is 24.1 Å². The number of imide groups is 1. The van der Waals surface area contributed by atoms with Crippen LogP contribution in [-0.2, 0) is 22.6 Å². The van der Waals surface area contributed by atoms with E-state index in [1.54, 1.807) is 40.8 Å². The summed E-state index contributed by atoms with van der Waals surface area (Å²) in [6.45, 7) is 3.94. The van der Waals surface area contributed by atoms with Crippen molar-refractivity contribution >= 4 is 17.7 Å². The van der Waals surface area contributed by atoms with Crippen molar-refractivity contribution < 1.29 is 19.1 Å². The Hall–Kier alpha value is -3.27. The topological polar surface area (TPSA) is 107 Å². The third kappa shape index (κ3) is 3.86. The maximum atomic E-state index is 12.8. The van der Waals surface area contributed by atoms with E-state index in [2.05, 4.69) is 5.10 Å². The second-order valence-corrected chi connectivity index (χ2v) is 8.00. The smallest absolute Gasteiger partial charge is 0.345 e. The molecule has 0 unspecified atom stereocenters. The van der Waals surface area contributed by atoms with Crippen LogP contribution in [0.15, 0.2) is 29.1 Å². The van der Waals surface area contributed by atoms with Crippen molar-refractivity contribution in [3.8, 4) is 0 Å². The SMILES string of the molecule is CCn1c(C2CCN(C(=O)CN3C(=O)c4ccccc4C3=O)CC2)nn(CCOC)c1=O. The van der Waals surface area contributed by atoms with Crippen LogP contribution < -0.4 is 5.69 Å². The van der Waals surface area contributed by atoms with Crippen LogP contribution in [0.3, 0.4) is 0 Å². The summed E-state index contributed by atoms with van der Waals surface area (Å²) in [6.07, 6.45) is 1.32. The lowest BCUT2D eigenvalue weighted by Gasteiger charge is -2.32. The van der Waals surface area contributed by atoms with Gasteiger partial charge in [-0.3, -0.25) is 23.9 Å². The van der Waals surface area contributed by atoms with Gasteiger partial charge in [0.25, 0.3) is 11.8 Å². The fourth-order valence-corrected chi connectivity index (χ4v) is 4.39. The molecule has 2 aliphatic heterocycles. The highest BCUT2D eigenvalue weighted by molar-refractivity contribution is 6.22. The number of piperidine rings is 1. The number of methoxy groups -OCH3 is 1. The van der Waals surface area contributed by atoms with Crippen LogP contribution in [0, 0.1) is 0 Å². The number of amides is 3. The van der Waals surface area contributed by atoms with Crippen molar-refractivity contribution in [3.63, 3.8) is 0 Å². The second kappa shape index (κ2) is 9.07. The van der Waals surface area contributed by atoms with Crippen LogP contribution in [0.1, 0.15) is 52.2 Å². The highest BCUT2D eigenvalue weighted by Crippen LogP contribution is 2.27. The normalized spacial score (nSPS) is 16.7. The van der Waals surface area contributed by atoms with Gasteiger partial charge in [-0.05, 0) is 31.9 Å². The summed E-state index contributed by atoms with van der Waals surface area (Å²) in [5.74, 6) is -0.308. The van der Waals surface area contributed by atoms with Gasteiger partial charge in [-0.1, -0.05) is 12.1 Å². The Bertz CT molecular complexity index is 1060. The Kier molecular flexibility index (Phi) is 6.22. The molecule has 1 saturated heterocycles. The first-order valence-electron chi connectivity index (χ1n) is 10.9. The zero-order valence-electron chi connectivity index (χ0n) is 18.3. The second-order valence-electron chi connectivity index (χ2n) is 8.00. The van der Waals surface area contributed by atoms with Gasteiger partial charge in [-0.15, -0.1) is 0 Å². The maximum Gasteiger partial charge on any atom is 0.345 e. The molecule has 1 aromatic heterocycles. The molecule has 3 amide bonds. The Morgan fingerprint density at radius 3 is 2.28 bits per heavy atom. The minimum atomic E-state index is -0.428. The summed E-state index contributed by atoms with van der Waals surface area (Å²) in [6, 6.07) is 6.61. The molecule has 1 aromatic carbocycles. The molecule has 0 aliphatic carbocycles. The Balaban J connectivity index is 1.39. The third-order valence-electron chi connectivity index (χ3n) is 6.16. The number of fused-ring (bicyclic) bond motifs is 1. The average Bonchev–Trinajstić information content (AvgIpc) is 3.26. The minimum absolute atomic E-state index is 0.0646. The van der Waals surface area contributed by atoms with E-state index in [9.17, 15) is 19.2 Å². The number of hydrogen-bond donors (Lipinski definition) is 0. The van der Waals surface area contributed by atoms with Crippen LogP contribution in [0.2, 0.25) is 0 Å². The molecule has 0 N–H and O–H groups in total. The summed E-state index contributed by atoms with van der Waals surface area (Å²) < 4.78 is 8.16. The first kappa shape index (κ1) is 21.9. The average molecular weight is 441 g/mol. The molecule has 4 rings (SSSR count). The van der Waals surface area contributed by atoms with Gasteiger partial charge in [0.2, 0.25) is 5.91 Å². The Labute approximate surface area is 185 Å². The number of carbonyl (C=O) groups excluding carboxylic acids is 3. The first-order valence-corrected chi connectivity index (χ1v) is 10.9. The molecule has 0 atom stereocenters. The van der Waals surface area contributed by atoms with Crippen molar-refractivity contribution in [2.24, 2.45) is 0 Å². The van der Waals surface area contributed by atoms with Crippen LogP contribution in [-0.4, -0.2) is 75.2 Å². The van der Waals surface area contributed by atoms with Crippen molar-refractivity contribution in [2.45, 2.75) is 38.8 Å². The highest BCUT2D eigenvalue weighted by atomic mass is 16.5. The lowest BCUT2D eigenvalue weighted by Crippen LogP contribution is -2.45. The summed E-state index contributed by atoms with van der Waals surface area (Å²) in [5, 5.41) is 4.52. The van der Waals surface area contributed by atoms with Gasteiger partial charge in [-0.25, -0.2) is 9.48 Å². The lowest BCUT2D eigenvalue weighted by atomic mass is 9.96. The summed E-state index contributed by atoms with van der Waals surface area (Å²) in [7, 11) is 1.58. The van der Waals surface area contributed by atoms with E-state index >= 15 is 0 Å². The zero-order valence-corrected chi connectivity index (χ0v) is 18.3. The number of hydrogen-bond acceptors (Lipinski definition) is 6. The number of benzene rings is 1. The molecule has 0 bridgehead atoms. The number of aromatic nitrogens is 3. The molecule has 3 heterocycles. The monoisotopic (exact) mass is 441 g/mol. The number of nitrogens with zero attached hydrogens (tertiary/aromatic N) is 5. The molecular formula is C22H27N5O5. The zero-order chi connectivity index (χ0) is 22.8. The van der Waals surface area contributed by atoms with Gasteiger partial charge in [0, 0.05) is 32.7 Å². The number of likely N-dealkylation sites (tertiary alicyclic amines) is 1.